The Morgan fingerprint density at radius 1 is 1.27 bits per heavy atom. The lowest BCUT2D eigenvalue weighted by Crippen LogP contribution is -2.27. The highest BCUT2D eigenvalue weighted by molar-refractivity contribution is 6.33. The van der Waals surface area contributed by atoms with Crippen molar-refractivity contribution in [1.82, 2.24) is 9.88 Å². The minimum absolute atomic E-state index is 0.0734. The average Bonchev–Trinajstić information content (AvgIpc) is 2.47. The second kappa shape index (κ2) is 7.38. The molecule has 0 bridgehead atoms. The second-order valence-corrected chi connectivity index (χ2v) is 5.74. The standard InChI is InChI=1S/C17H19ClN2O2/c1-12(11-20(2)3)22-14-8-6-13(7-9-14)16(21)15-5-4-10-19-17(15)18/h4-10,12H,11H2,1-3H3/t12-/m0/s1. The number of aromatic nitrogens is 1. The van der Waals surface area contributed by atoms with E-state index in [9.17, 15) is 4.79 Å². The normalized spacial score (nSPS) is 12.2. The van der Waals surface area contributed by atoms with Gasteiger partial charge in [0.05, 0.1) is 5.56 Å². The second-order valence-electron chi connectivity index (χ2n) is 5.39. The van der Waals surface area contributed by atoms with Gasteiger partial charge in [-0.3, -0.25) is 4.79 Å². The van der Waals surface area contributed by atoms with Crippen LogP contribution in [0.2, 0.25) is 5.15 Å². The number of nitrogens with zero attached hydrogens (tertiary/aromatic N) is 2. The molecule has 1 aromatic heterocycles. The van der Waals surface area contributed by atoms with Gasteiger partial charge in [0.2, 0.25) is 0 Å². The summed E-state index contributed by atoms with van der Waals surface area (Å²) < 4.78 is 5.80. The lowest BCUT2D eigenvalue weighted by atomic mass is 10.1. The quantitative estimate of drug-likeness (QED) is 0.605. The number of pyridine rings is 1. The van der Waals surface area contributed by atoms with Crippen molar-refractivity contribution in [2.75, 3.05) is 20.6 Å². The number of likely N-dealkylation sites (N-methyl/N-ethyl adjacent to an activating group) is 1. The van der Waals surface area contributed by atoms with Crippen molar-refractivity contribution in [1.29, 1.82) is 0 Å². The van der Waals surface area contributed by atoms with Crippen molar-refractivity contribution in [2.24, 2.45) is 0 Å². The van der Waals surface area contributed by atoms with E-state index >= 15 is 0 Å². The topological polar surface area (TPSA) is 42.4 Å². The zero-order valence-electron chi connectivity index (χ0n) is 12.9. The third-order valence-electron chi connectivity index (χ3n) is 3.08. The molecule has 5 heteroatoms. The van der Waals surface area contributed by atoms with E-state index in [0.717, 1.165) is 12.3 Å². The fourth-order valence-electron chi connectivity index (χ4n) is 2.18. The first-order chi connectivity index (χ1) is 10.5. The van der Waals surface area contributed by atoms with Crippen molar-refractivity contribution in [3.8, 4) is 5.75 Å². The number of ketones is 1. The Balaban J connectivity index is 2.09. The summed E-state index contributed by atoms with van der Waals surface area (Å²) in [5.41, 5.74) is 0.960. The lowest BCUT2D eigenvalue weighted by molar-refractivity contribution is 0.103. The number of ether oxygens (including phenoxy) is 1. The number of rotatable bonds is 6. The summed E-state index contributed by atoms with van der Waals surface area (Å²) in [5, 5.41) is 0.215. The molecule has 0 fully saturated rings. The van der Waals surface area contributed by atoms with Crippen LogP contribution in [0.15, 0.2) is 42.6 Å². The van der Waals surface area contributed by atoms with Crippen LogP contribution in [0, 0.1) is 0 Å². The molecule has 0 saturated carbocycles. The molecule has 0 aliphatic rings. The van der Waals surface area contributed by atoms with E-state index in [4.69, 9.17) is 16.3 Å². The molecule has 116 valence electrons. The predicted molar refractivity (Wildman–Crippen MR) is 87.8 cm³/mol. The first-order valence-corrected chi connectivity index (χ1v) is 7.42. The van der Waals surface area contributed by atoms with Crippen LogP contribution >= 0.6 is 11.6 Å². The van der Waals surface area contributed by atoms with Crippen molar-refractivity contribution < 1.29 is 9.53 Å². The summed E-state index contributed by atoms with van der Waals surface area (Å²) >= 11 is 5.96. The van der Waals surface area contributed by atoms with E-state index < -0.39 is 0 Å². The van der Waals surface area contributed by atoms with Gasteiger partial charge in [0.25, 0.3) is 0 Å². The molecular formula is C17H19ClN2O2. The SMILES string of the molecule is C[C@@H](CN(C)C)Oc1ccc(C(=O)c2cccnc2Cl)cc1. The van der Waals surface area contributed by atoms with Gasteiger partial charge in [-0.15, -0.1) is 0 Å². The van der Waals surface area contributed by atoms with Crippen LogP contribution in [0.3, 0.4) is 0 Å². The van der Waals surface area contributed by atoms with Crippen LogP contribution in [-0.2, 0) is 0 Å². The van der Waals surface area contributed by atoms with Gasteiger partial charge in [-0.2, -0.15) is 0 Å². The summed E-state index contributed by atoms with van der Waals surface area (Å²) in [6, 6.07) is 10.4. The monoisotopic (exact) mass is 318 g/mol. The molecule has 1 atom stereocenters. The first-order valence-electron chi connectivity index (χ1n) is 7.04. The largest absolute Gasteiger partial charge is 0.489 e. The molecule has 4 nitrogen and oxygen atoms in total. The Bertz CT molecular complexity index is 641. The summed E-state index contributed by atoms with van der Waals surface area (Å²) in [5.74, 6) is 0.592. The van der Waals surface area contributed by atoms with Gasteiger partial charge in [0, 0.05) is 18.3 Å². The molecule has 1 heterocycles. The van der Waals surface area contributed by atoms with Crippen molar-refractivity contribution in [3.63, 3.8) is 0 Å². The van der Waals surface area contributed by atoms with Gasteiger partial charge in [0.1, 0.15) is 17.0 Å². The van der Waals surface area contributed by atoms with Crippen LogP contribution in [0.4, 0.5) is 0 Å². The maximum Gasteiger partial charge on any atom is 0.196 e. The number of hydrogen-bond acceptors (Lipinski definition) is 4. The van der Waals surface area contributed by atoms with Crippen molar-refractivity contribution >= 4 is 17.4 Å². The van der Waals surface area contributed by atoms with Crippen LogP contribution < -0.4 is 4.74 Å². The molecule has 0 saturated heterocycles. The van der Waals surface area contributed by atoms with E-state index in [0.29, 0.717) is 11.1 Å². The van der Waals surface area contributed by atoms with Crippen LogP contribution in [0.1, 0.15) is 22.8 Å². The Morgan fingerprint density at radius 2 is 1.95 bits per heavy atom. The van der Waals surface area contributed by atoms with Crippen LogP contribution in [0.25, 0.3) is 0 Å². The first kappa shape index (κ1) is 16.5. The van der Waals surface area contributed by atoms with E-state index in [1.807, 2.05) is 21.0 Å². The lowest BCUT2D eigenvalue weighted by Gasteiger charge is -2.18. The zero-order chi connectivity index (χ0) is 16.1. The molecular weight excluding hydrogens is 300 g/mol. The highest BCUT2D eigenvalue weighted by atomic mass is 35.5. The van der Waals surface area contributed by atoms with Gasteiger partial charge in [-0.25, -0.2) is 4.98 Å². The van der Waals surface area contributed by atoms with Gasteiger partial charge >= 0.3 is 0 Å². The average molecular weight is 319 g/mol. The smallest absolute Gasteiger partial charge is 0.196 e. The third kappa shape index (κ3) is 4.29. The molecule has 1 aromatic carbocycles. The van der Waals surface area contributed by atoms with Gasteiger partial charge in [-0.05, 0) is 57.4 Å². The minimum atomic E-state index is -0.147. The minimum Gasteiger partial charge on any atom is -0.489 e. The summed E-state index contributed by atoms with van der Waals surface area (Å²) in [4.78, 5) is 18.4. The molecule has 2 aromatic rings. The highest BCUT2D eigenvalue weighted by Gasteiger charge is 2.13. The molecule has 0 aliphatic heterocycles. The Hall–Kier alpha value is -1.91. The number of carbonyl (C=O) groups excluding carboxylic acids is 1. The van der Waals surface area contributed by atoms with E-state index in [2.05, 4.69) is 9.88 Å². The van der Waals surface area contributed by atoms with Crippen LogP contribution in [0.5, 0.6) is 5.75 Å². The van der Waals surface area contributed by atoms with Gasteiger partial charge in [-0.1, -0.05) is 11.6 Å². The Labute approximate surface area is 135 Å². The van der Waals surface area contributed by atoms with Crippen molar-refractivity contribution in [3.05, 3.63) is 58.9 Å². The molecule has 2 rings (SSSR count). The maximum absolute atomic E-state index is 12.4. The van der Waals surface area contributed by atoms with E-state index in [-0.39, 0.29) is 17.0 Å². The molecule has 0 aliphatic carbocycles. The number of carbonyl (C=O) groups is 1. The summed E-state index contributed by atoms with van der Waals surface area (Å²) in [6.07, 6.45) is 1.63. The molecule has 0 amide bonds. The molecule has 0 N–H and O–H groups in total. The Morgan fingerprint density at radius 3 is 2.55 bits per heavy atom. The number of halogens is 1. The van der Waals surface area contributed by atoms with E-state index in [1.54, 1.807) is 42.6 Å². The van der Waals surface area contributed by atoms with E-state index in [1.165, 1.54) is 0 Å². The predicted octanol–water partition coefficient (Wildman–Crippen LogP) is 3.29. The van der Waals surface area contributed by atoms with Crippen molar-refractivity contribution in [2.45, 2.75) is 13.0 Å². The summed E-state index contributed by atoms with van der Waals surface area (Å²) in [6.45, 7) is 2.83. The molecule has 0 spiro atoms. The molecule has 22 heavy (non-hydrogen) atoms. The third-order valence-corrected chi connectivity index (χ3v) is 3.38. The maximum atomic E-state index is 12.4. The molecule has 0 unspecified atom stereocenters. The highest BCUT2D eigenvalue weighted by Crippen LogP contribution is 2.19. The summed E-state index contributed by atoms with van der Waals surface area (Å²) in [7, 11) is 4.00. The van der Waals surface area contributed by atoms with Gasteiger partial charge < -0.3 is 9.64 Å². The van der Waals surface area contributed by atoms with Crippen LogP contribution in [-0.4, -0.2) is 42.4 Å². The number of hydrogen-bond donors (Lipinski definition) is 0. The zero-order valence-corrected chi connectivity index (χ0v) is 13.7. The van der Waals surface area contributed by atoms with Gasteiger partial charge in [0.15, 0.2) is 5.78 Å². The molecule has 0 radical (unpaired) electrons. The fourth-order valence-corrected chi connectivity index (χ4v) is 2.38. The fraction of sp³-hybridized carbons (Fsp3) is 0.294. The Kier molecular flexibility index (Phi) is 5.52. The number of benzene rings is 1.